The maximum absolute atomic E-state index is 8.55. The quantitative estimate of drug-likeness (QED) is 0.621. The summed E-state index contributed by atoms with van der Waals surface area (Å²) < 4.78 is 0. The Bertz CT molecular complexity index is 94.1. The van der Waals surface area contributed by atoms with Gasteiger partial charge in [0.15, 0.2) is 0 Å². The summed E-state index contributed by atoms with van der Waals surface area (Å²) in [6, 6.07) is 0.709. The second-order valence-corrected chi connectivity index (χ2v) is 4.10. The molecule has 0 aromatic heterocycles. The SMILES string of the molecule is OCCCN[C@H]1CCCSC1. The standard InChI is InChI=1S/C8H17NOS/c10-5-2-4-9-8-3-1-6-11-7-8/h8-10H,1-7H2/t8-/m0/s1. The molecule has 1 saturated heterocycles. The summed E-state index contributed by atoms with van der Waals surface area (Å²) >= 11 is 2.04. The summed E-state index contributed by atoms with van der Waals surface area (Å²) in [7, 11) is 0. The predicted molar refractivity (Wildman–Crippen MR) is 50.1 cm³/mol. The van der Waals surface area contributed by atoms with Crippen LogP contribution in [0.3, 0.4) is 0 Å². The molecule has 0 aromatic carbocycles. The minimum atomic E-state index is 0.312. The van der Waals surface area contributed by atoms with Crippen LogP contribution >= 0.6 is 11.8 Å². The van der Waals surface area contributed by atoms with Gasteiger partial charge in [0.2, 0.25) is 0 Å². The Balaban J connectivity index is 1.96. The van der Waals surface area contributed by atoms with E-state index in [9.17, 15) is 0 Å². The van der Waals surface area contributed by atoms with Crippen LogP contribution in [0.15, 0.2) is 0 Å². The minimum Gasteiger partial charge on any atom is -0.396 e. The lowest BCUT2D eigenvalue weighted by atomic mass is 10.2. The van der Waals surface area contributed by atoms with Crippen LogP contribution in [0.2, 0.25) is 0 Å². The number of thioether (sulfide) groups is 1. The Hall–Kier alpha value is 0.270. The van der Waals surface area contributed by atoms with Crippen LogP contribution in [-0.4, -0.2) is 35.8 Å². The number of hydrogen-bond acceptors (Lipinski definition) is 3. The second kappa shape index (κ2) is 5.86. The second-order valence-electron chi connectivity index (χ2n) is 2.95. The van der Waals surface area contributed by atoms with Crippen molar-refractivity contribution < 1.29 is 5.11 Å². The predicted octanol–water partition coefficient (Wildman–Crippen LogP) is 0.854. The third kappa shape index (κ3) is 3.99. The zero-order chi connectivity index (χ0) is 7.94. The summed E-state index contributed by atoms with van der Waals surface area (Å²) in [5, 5.41) is 12.0. The highest BCUT2D eigenvalue weighted by atomic mass is 32.2. The first kappa shape index (κ1) is 9.36. The van der Waals surface area contributed by atoms with Gasteiger partial charge in [-0.15, -0.1) is 0 Å². The molecular weight excluding hydrogens is 158 g/mol. The summed E-state index contributed by atoms with van der Waals surface area (Å²) in [6.07, 6.45) is 3.56. The third-order valence-electron chi connectivity index (χ3n) is 1.93. The summed E-state index contributed by atoms with van der Waals surface area (Å²) in [4.78, 5) is 0. The van der Waals surface area contributed by atoms with Crippen LogP contribution in [0, 0.1) is 0 Å². The van der Waals surface area contributed by atoms with Gasteiger partial charge in [0.25, 0.3) is 0 Å². The highest BCUT2D eigenvalue weighted by Gasteiger charge is 2.11. The minimum absolute atomic E-state index is 0.312. The van der Waals surface area contributed by atoms with E-state index in [2.05, 4.69) is 5.32 Å². The highest BCUT2D eigenvalue weighted by Crippen LogP contribution is 2.16. The van der Waals surface area contributed by atoms with Gasteiger partial charge in [-0.2, -0.15) is 11.8 Å². The van der Waals surface area contributed by atoms with Gasteiger partial charge in [0.05, 0.1) is 0 Å². The van der Waals surface area contributed by atoms with Gasteiger partial charge in [0.1, 0.15) is 0 Å². The molecule has 1 rings (SSSR count). The molecule has 1 fully saturated rings. The molecule has 0 aliphatic carbocycles. The molecular formula is C8H17NOS. The molecule has 1 atom stereocenters. The monoisotopic (exact) mass is 175 g/mol. The maximum atomic E-state index is 8.55. The Labute approximate surface area is 72.8 Å². The Morgan fingerprint density at radius 2 is 2.45 bits per heavy atom. The van der Waals surface area contributed by atoms with E-state index < -0.39 is 0 Å². The fourth-order valence-electron chi connectivity index (χ4n) is 1.29. The molecule has 1 aliphatic heterocycles. The van der Waals surface area contributed by atoms with Gasteiger partial charge >= 0.3 is 0 Å². The average molecular weight is 175 g/mol. The van der Waals surface area contributed by atoms with Crippen molar-refractivity contribution in [1.82, 2.24) is 5.32 Å². The van der Waals surface area contributed by atoms with E-state index in [0.717, 1.165) is 13.0 Å². The molecule has 0 bridgehead atoms. The molecule has 0 radical (unpaired) electrons. The molecule has 3 heteroatoms. The number of aliphatic hydroxyl groups is 1. The molecule has 0 spiro atoms. The first-order valence-corrected chi connectivity index (χ1v) is 5.51. The number of rotatable bonds is 4. The largest absolute Gasteiger partial charge is 0.396 e. The normalized spacial score (nSPS) is 25.4. The van der Waals surface area contributed by atoms with Crippen LogP contribution in [0.1, 0.15) is 19.3 Å². The molecule has 2 N–H and O–H groups in total. The van der Waals surface area contributed by atoms with E-state index in [1.165, 1.54) is 24.3 Å². The molecule has 0 amide bonds. The van der Waals surface area contributed by atoms with Crippen molar-refractivity contribution in [3.63, 3.8) is 0 Å². The molecule has 0 saturated carbocycles. The van der Waals surface area contributed by atoms with Crippen molar-refractivity contribution in [3.05, 3.63) is 0 Å². The van der Waals surface area contributed by atoms with Crippen LogP contribution in [0.4, 0.5) is 0 Å². The van der Waals surface area contributed by atoms with Crippen LogP contribution < -0.4 is 5.32 Å². The zero-order valence-electron chi connectivity index (χ0n) is 6.88. The molecule has 11 heavy (non-hydrogen) atoms. The van der Waals surface area contributed by atoms with Gasteiger partial charge in [-0.25, -0.2) is 0 Å². The van der Waals surface area contributed by atoms with Crippen molar-refractivity contribution in [2.45, 2.75) is 25.3 Å². The Kier molecular flexibility index (Phi) is 4.99. The third-order valence-corrected chi connectivity index (χ3v) is 3.14. The number of aliphatic hydroxyl groups excluding tert-OH is 1. The van der Waals surface area contributed by atoms with Gasteiger partial charge in [-0.3, -0.25) is 0 Å². The number of hydrogen-bond donors (Lipinski definition) is 2. The Morgan fingerprint density at radius 3 is 3.09 bits per heavy atom. The van der Waals surface area contributed by atoms with Crippen molar-refractivity contribution in [2.24, 2.45) is 0 Å². The van der Waals surface area contributed by atoms with Crippen LogP contribution in [0.25, 0.3) is 0 Å². The lowest BCUT2D eigenvalue weighted by Crippen LogP contribution is -2.34. The van der Waals surface area contributed by atoms with Crippen LogP contribution in [-0.2, 0) is 0 Å². The highest BCUT2D eigenvalue weighted by molar-refractivity contribution is 7.99. The van der Waals surface area contributed by atoms with Crippen molar-refractivity contribution in [1.29, 1.82) is 0 Å². The van der Waals surface area contributed by atoms with E-state index >= 15 is 0 Å². The molecule has 2 nitrogen and oxygen atoms in total. The Morgan fingerprint density at radius 1 is 1.55 bits per heavy atom. The average Bonchev–Trinajstić information content (AvgIpc) is 2.07. The van der Waals surface area contributed by atoms with E-state index in [0.29, 0.717) is 12.6 Å². The molecule has 1 heterocycles. The molecule has 1 aliphatic rings. The smallest absolute Gasteiger partial charge is 0.0443 e. The number of nitrogens with one attached hydrogen (secondary N) is 1. The van der Waals surface area contributed by atoms with Crippen LogP contribution in [0.5, 0.6) is 0 Å². The molecule has 66 valence electrons. The summed E-state index contributed by atoms with van der Waals surface area (Å²) in [5.41, 5.74) is 0. The van der Waals surface area contributed by atoms with E-state index in [-0.39, 0.29) is 0 Å². The van der Waals surface area contributed by atoms with Crippen molar-refractivity contribution in [3.8, 4) is 0 Å². The first-order chi connectivity index (χ1) is 5.43. The fraction of sp³-hybridized carbons (Fsp3) is 1.00. The lowest BCUT2D eigenvalue weighted by molar-refractivity contribution is 0.283. The summed E-state index contributed by atoms with van der Waals surface area (Å²) in [5.74, 6) is 2.59. The zero-order valence-corrected chi connectivity index (χ0v) is 7.70. The first-order valence-electron chi connectivity index (χ1n) is 4.35. The van der Waals surface area contributed by atoms with Gasteiger partial charge in [0, 0.05) is 18.4 Å². The van der Waals surface area contributed by atoms with Crippen molar-refractivity contribution >= 4 is 11.8 Å². The topological polar surface area (TPSA) is 32.3 Å². The van der Waals surface area contributed by atoms with E-state index in [1.807, 2.05) is 11.8 Å². The van der Waals surface area contributed by atoms with Crippen molar-refractivity contribution in [2.75, 3.05) is 24.7 Å². The van der Waals surface area contributed by atoms with Gasteiger partial charge in [-0.05, 0) is 31.6 Å². The lowest BCUT2D eigenvalue weighted by Gasteiger charge is -2.22. The molecule has 0 aromatic rings. The van der Waals surface area contributed by atoms with E-state index in [1.54, 1.807) is 0 Å². The molecule has 0 unspecified atom stereocenters. The maximum Gasteiger partial charge on any atom is 0.0443 e. The van der Waals surface area contributed by atoms with Gasteiger partial charge < -0.3 is 10.4 Å². The fourth-order valence-corrected chi connectivity index (χ4v) is 2.39. The van der Waals surface area contributed by atoms with E-state index in [4.69, 9.17) is 5.11 Å². The van der Waals surface area contributed by atoms with Gasteiger partial charge in [-0.1, -0.05) is 0 Å². The summed E-state index contributed by atoms with van der Waals surface area (Å²) in [6.45, 7) is 1.29.